The van der Waals surface area contributed by atoms with Crippen LogP contribution in [-0.4, -0.2) is 34.0 Å². The van der Waals surface area contributed by atoms with Crippen molar-refractivity contribution in [3.8, 4) is 0 Å². The molecule has 1 N–H and O–H groups in total. The second-order valence-electron chi connectivity index (χ2n) is 2.78. The molecule has 0 fully saturated rings. The Labute approximate surface area is 96.1 Å². The fourth-order valence-electron chi connectivity index (χ4n) is 0.783. The van der Waals surface area contributed by atoms with E-state index >= 15 is 0 Å². The number of rotatable bonds is 4. The first-order valence-corrected chi connectivity index (χ1v) is 5.43. The van der Waals surface area contributed by atoms with Gasteiger partial charge in [-0.15, -0.1) is 10.2 Å². The second-order valence-corrected chi connectivity index (χ2v) is 3.79. The van der Waals surface area contributed by atoms with Crippen LogP contribution >= 0.6 is 11.8 Å². The van der Waals surface area contributed by atoms with Crippen molar-refractivity contribution in [3.63, 3.8) is 0 Å². The number of nitrogens with one attached hydrogen (secondary N) is 1. The van der Waals surface area contributed by atoms with Crippen LogP contribution in [0.4, 0.5) is 0 Å². The summed E-state index contributed by atoms with van der Waals surface area (Å²) in [5, 5.41) is 7.88. The van der Waals surface area contributed by atoms with Crippen LogP contribution in [0.5, 0.6) is 0 Å². The van der Waals surface area contributed by atoms with Crippen molar-refractivity contribution in [1.82, 2.24) is 15.2 Å². The maximum Gasteiger partial charge on any atom is 0.330 e. The van der Waals surface area contributed by atoms with E-state index in [1.807, 2.05) is 0 Å². The number of aromatic nitrogens is 3. The third-order valence-electron chi connectivity index (χ3n) is 1.61. The number of hydrogen-bond acceptors (Lipinski definition) is 6. The van der Waals surface area contributed by atoms with Gasteiger partial charge in [-0.25, -0.2) is 4.79 Å². The van der Waals surface area contributed by atoms with Gasteiger partial charge >= 0.3 is 5.97 Å². The Balaban J connectivity index is 2.49. The molecule has 0 atom stereocenters. The zero-order valence-electron chi connectivity index (χ0n) is 8.89. The van der Waals surface area contributed by atoms with Crippen LogP contribution in [0.3, 0.4) is 0 Å². The highest BCUT2D eigenvalue weighted by molar-refractivity contribution is 7.99. The predicted octanol–water partition coefficient (Wildman–Crippen LogP) is 0.295. The molecule has 1 rings (SSSR count). The van der Waals surface area contributed by atoms with E-state index in [-0.39, 0.29) is 5.56 Å². The van der Waals surface area contributed by atoms with Crippen molar-refractivity contribution in [2.75, 3.05) is 12.9 Å². The molecule has 0 spiro atoms. The number of H-pyrrole nitrogens is 1. The largest absolute Gasteiger partial charge is 0.466 e. The van der Waals surface area contributed by atoms with E-state index in [1.165, 1.54) is 24.9 Å². The first-order chi connectivity index (χ1) is 7.63. The summed E-state index contributed by atoms with van der Waals surface area (Å²) in [6, 6.07) is 0. The molecule has 0 unspecified atom stereocenters. The van der Waals surface area contributed by atoms with Gasteiger partial charge in [0.25, 0.3) is 5.56 Å². The summed E-state index contributed by atoms with van der Waals surface area (Å²) in [5.41, 5.74) is 0.0731. The zero-order chi connectivity index (χ0) is 12.0. The molecule has 6 nitrogen and oxygen atoms in total. The van der Waals surface area contributed by atoms with Gasteiger partial charge in [0, 0.05) is 11.8 Å². The average Bonchev–Trinajstić information content (AvgIpc) is 2.28. The minimum Gasteiger partial charge on any atom is -0.466 e. The van der Waals surface area contributed by atoms with Crippen LogP contribution in [0.1, 0.15) is 5.69 Å². The van der Waals surface area contributed by atoms with Gasteiger partial charge in [0.15, 0.2) is 5.16 Å². The van der Waals surface area contributed by atoms with Crippen molar-refractivity contribution >= 4 is 17.7 Å². The number of carbonyl (C=O) groups excluding carboxylic acids is 1. The Kier molecular flexibility index (Phi) is 4.71. The number of aromatic amines is 1. The topological polar surface area (TPSA) is 84.9 Å². The van der Waals surface area contributed by atoms with Crippen molar-refractivity contribution in [2.24, 2.45) is 0 Å². The Morgan fingerprint density at radius 2 is 2.31 bits per heavy atom. The van der Waals surface area contributed by atoms with E-state index in [2.05, 4.69) is 19.9 Å². The van der Waals surface area contributed by atoms with Gasteiger partial charge in [-0.3, -0.25) is 9.78 Å². The lowest BCUT2D eigenvalue weighted by molar-refractivity contribution is -0.134. The molecule has 1 aromatic rings. The van der Waals surface area contributed by atoms with Gasteiger partial charge in [-0.05, 0) is 6.92 Å². The first kappa shape index (κ1) is 12.4. The fourth-order valence-corrected chi connectivity index (χ4v) is 1.40. The number of aryl methyl sites for hydroxylation is 1. The highest BCUT2D eigenvalue weighted by atomic mass is 32.2. The van der Waals surface area contributed by atoms with Gasteiger partial charge in [0.1, 0.15) is 5.69 Å². The normalized spacial score (nSPS) is 10.6. The molecule has 1 aromatic heterocycles. The molecule has 0 aliphatic carbocycles. The van der Waals surface area contributed by atoms with Crippen LogP contribution in [-0.2, 0) is 9.53 Å². The molecule has 0 saturated heterocycles. The molecule has 0 amide bonds. The van der Waals surface area contributed by atoms with Gasteiger partial charge in [-0.2, -0.15) is 0 Å². The van der Waals surface area contributed by atoms with E-state index in [1.54, 1.807) is 13.0 Å². The Bertz CT molecular complexity index is 456. The number of methoxy groups -OCH3 is 1. The van der Waals surface area contributed by atoms with Gasteiger partial charge in [0.05, 0.1) is 7.11 Å². The lowest BCUT2D eigenvalue weighted by atomic mass is 10.5. The summed E-state index contributed by atoms with van der Waals surface area (Å²) < 4.78 is 4.42. The standard InChI is InChI=1S/C9H11N3O3S/c1-6-8(14)10-9(12-11-6)16-5-3-4-7(13)15-2/h3-4H,5H2,1-2H3,(H,10,12,14)/b4-3-. The van der Waals surface area contributed by atoms with Crippen molar-refractivity contribution in [2.45, 2.75) is 12.1 Å². The molecule has 0 aromatic carbocycles. The average molecular weight is 241 g/mol. The van der Waals surface area contributed by atoms with Crippen molar-refractivity contribution in [1.29, 1.82) is 0 Å². The van der Waals surface area contributed by atoms with Gasteiger partial charge in [-0.1, -0.05) is 17.8 Å². The molecule has 0 aliphatic heterocycles. The first-order valence-electron chi connectivity index (χ1n) is 4.44. The van der Waals surface area contributed by atoms with E-state index in [9.17, 15) is 9.59 Å². The fraction of sp³-hybridized carbons (Fsp3) is 0.333. The number of ether oxygens (including phenoxy) is 1. The smallest absolute Gasteiger partial charge is 0.330 e. The molecular weight excluding hydrogens is 230 g/mol. The van der Waals surface area contributed by atoms with Crippen LogP contribution in [0, 0.1) is 6.92 Å². The number of hydrogen-bond donors (Lipinski definition) is 1. The van der Waals surface area contributed by atoms with Gasteiger partial charge < -0.3 is 4.74 Å². The Hall–Kier alpha value is -1.63. The van der Waals surface area contributed by atoms with Crippen molar-refractivity contribution in [3.05, 3.63) is 28.2 Å². The van der Waals surface area contributed by atoms with E-state index in [0.717, 1.165) is 0 Å². The summed E-state index contributed by atoms with van der Waals surface area (Å²) in [4.78, 5) is 24.4. The minimum atomic E-state index is -0.413. The van der Waals surface area contributed by atoms with Gasteiger partial charge in [0.2, 0.25) is 0 Å². The molecule has 0 saturated carbocycles. The SMILES string of the molecule is COC(=O)/C=C\CSc1nnc(C)c(=O)[nH]1. The zero-order valence-corrected chi connectivity index (χ0v) is 9.71. The van der Waals surface area contributed by atoms with Crippen LogP contribution < -0.4 is 5.56 Å². The maximum absolute atomic E-state index is 11.2. The van der Waals surface area contributed by atoms with Crippen LogP contribution in [0.25, 0.3) is 0 Å². The van der Waals surface area contributed by atoms with E-state index < -0.39 is 5.97 Å². The summed E-state index contributed by atoms with van der Waals surface area (Å²) in [6.45, 7) is 1.58. The Morgan fingerprint density at radius 3 is 2.94 bits per heavy atom. The maximum atomic E-state index is 11.2. The third-order valence-corrected chi connectivity index (χ3v) is 2.43. The number of thioether (sulfide) groups is 1. The highest BCUT2D eigenvalue weighted by Crippen LogP contribution is 2.09. The minimum absolute atomic E-state index is 0.255. The molecule has 16 heavy (non-hydrogen) atoms. The Morgan fingerprint density at radius 1 is 1.56 bits per heavy atom. The molecule has 0 radical (unpaired) electrons. The number of nitrogens with zero attached hydrogens (tertiary/aromatic N) is 2. The molecule has 7 heteroatoms. The molecule has 1 heterocycles. The number of esters is 1. The van der Waals surface area contributed by atoms with Crippen LogP contribution in [0.15, 0.2) is 22.1 Å². The van der Waals surface area contributed by atoms with Crippen molar-refractivity contribution < 1.29 is 9.53 Å². The lowest BCUT2D eigenvalue weighted by Gasteiger charge is -1.96. The highest BCUT2D eigenvalue weighted by Gasteiger charge is 1.99. The second kappa shape index (κ2) is 6.06. The van der Waals surface area contributed by atoms with E-state index in [0.29, 0.717) is 16.6 Å². The number of carbonyl (C=O) groups is 1. The van der Waals surface area contributed by atoms with Crippen LogP contribution in [0.2, 0.25) is 0 Å². The summed E-state index contributed by atoms with van der Waals surface area (Å²) in [6.07, 6.45) is 2.93. The molecule has 0 bridgehead atoms. The third kappa shape index (κ3) is 3.85. The molecule has 86 valence electrons. The predicted molar refractivity (Wildman–Crippen MR) is 59.3 cm³/mol. The summed E-state index contributed by atoms with van der Waals surface area (Å²) >= 11 is 1.27. The monoisotopic (exact) mass is 241 g/mol. The summed E-state index contributed by atoms with van der Waals surface area (Å²) in [7, 11) is 1.31. The molecular formula is C9H11N3O3S. The molecule has 0 aliphatic rings. The summed E-state index contributed by atoms with van der Waals surface area (Å²) in [5.74, 6) is 0.0899. The lowest BCUT2D eigenvalue weighted by Crippen LogP contribution is -2.14. The van der Waals surface area contributed by atoms with E-state index in [4.69, 9.17) is 0 Å². The quantitative estimate of drug-likeness (QED) is 0.463.